The summed E-state index contributed by atoms with van der Waals surface area (Å²) in [5.74, 6) is 0.301. The molecule has 1 aliphatic carbocycles. The van der Waals surface area contributed by atoms with E-state index >= 15 is 0 Å². The van der Waals surface area contributed by atoms with Crippen molar-refractivity contribution in [1.29, 1.82) is 0 Å². The van der Waals surface area contributed by atoms with Crippen molar-refractivity contribution in [3.05, 3.63) is 29.8 Å². The molecule has 0 aliphatic heterocycles. The van der Waals surface area contributed by atoms with Crippen molar-refractivity contribution in [3.8, 4) is 5.75 Å². The van der Waals surface area contributed by atoms with E-state index in [9.17, 15) is 13.2 Å². The first-order chi connectivity index (χ1) is 10.9. The third-order valence-corrected chi connectivity index (χ3v) is 6.89. The minimum absolute atomic E-state index is 0.289. The Hall–Kier alpha value is -1.56. The minimum atomic E-state index is -3.39. The highest BCUT2D eigenvalue weighted by Gasteiger charge is 2.36. The SMILES string of the molecule is Cc1cccc(OCCNC(=O)C(C)S(=O)(=O)C2CCCC2)c1. The summed E-state index contributed by atoms with van der Waals surface area (Å²) in [6, 6.07) is 7.64. The molecule has 23 heavy (non-hydrogen) atoms. The number of aryl methyl sites for hydroxylation is 1. The van der Waals surface area contributed by atoms with E-state index in [4.69, 9.17) is 4.74 Å². The molecular formula is C17H25NO4S. The number of benzene rings is 1. The van der Waals surface area contributed by atoms with Crippen LogP contribution in [0.5, 0.6) is 5.75 Å². The predicted molar refractivity (Wildman–Crippen MR) is 90.3 cm³/mol. The Bertz CT molecular complexity index is 636. The average molecular weight is 339 g/mol. The van der Waals surface area contributed by atoms with Gasteiger partial charge in [-0.3, -0.25) is 4.79 Å². The molecule has 0 aromatic heterocycles. The lowest BCUT2D eigenvalue weighted by atomic mass is 10.2. The quantitative estimate of drug-likeness (QED) is 0.773. The van der Waals surface area contributed by atoms with Crippen LogP contribution in [-0.2, 0) is 14.6 Å². The summed E-state index contributed by atoms with van der Waals surface area (Å²) in [7, 11) is -3.39. The largest absolute Gasteiger partial charge is 0.492 e. The van der Waals surface area contributed by atoms with Crippen molar-refractivity contribution in [3.63, 3.8) is 0 Å². The molecule has 5 nitrogen and oxygen atoms in total. The highest BCUT2D eigenvalue weighted by Crippen LogP contribution is 2.27. The number of hydrogen-bond donors (Lipinski definition) is 1. The van der Waals surface area contributed by atoms with E-state index in [1.165, 1.54) is 6.92 Å². The molecule has 0 bridgehead atoms. The zero-order valence-corrected chi connectivity index (χ0v) is 14.6. The van der Waals surface area contributed by atoms with E-state index in [0.717, 1.165) is 24.2 Å². The van der Waals surface area contributed by atoms with Gasteiger partial charge in [-0.25, -0.2) is 8.42 Å². The van der Waals surface area contributed by atoms with Gasteiger partial charge in [0.25, 0.3) is 0 Å². The van der Waals surface area contributed by atoms with Crippen molar-refractivity contribution in [1.82, 2.24) is 5.32 Å². The Balaban J connectivity index is 1.78. The Labute approximate surface area is 138 Å². The van der Waals surface area contributed by atoms with Crippen LogP contribution in [0.15, 0.2) is 24.3 Å². The zero-order chi connectivity index (χ0) is 16.9. The van der Waals surface area contributed by atoms with E-state index in [1.807, 2.05) is 31.2 Å². The number of hydrogen-bond acceptors (Lipinski definition) is 4. The number of carbonyl (C=O) groups excluding carboxylic acids is 1. The van der Waals surface area contributed by atoms with Gasteiger partial charge in [-0.15, -0.1) is 0 Å². The van der Waals surface area contributed by atoms with Crippen LogP contribution in [0, 0.1) is 6.92 Å². The number of sulfone groups is 1. The molecule has 2 rings (SSSR count). The Morgan fingerprint density at radius 3 is 2.70 bits per heavy atom. The molecule has 1 amide bonds. The van der Waals surface area contributed by atoms with Crippen LogP contribution in [0.4, 0.5) is 0 Å². The van der Waals surface area contributed by atoms with E-state index in [-0.39, 0.29) is 11.8 Å². The van der Waals surface area contributed by atoms with Crippen molar-refractivity contribution >= 4 is 15.7 Å². The van der Waals surface area contributed by atoms with E-state index in [1.54, 1.807) is 0 Å². The van der Waals surface area contributed by atoms with Gasteiger partial charge in [0.15, 0.2) is 9.84 Å². The van der Waals surface area contributed by atoms with Crippen LogP contribution in [-0.4, -0.2) is 38.0 Å². The normalized spacial score (nSPS) is 17.0. The first kappa shape index (κ1) is 17.8. The van der Waals surface area contributed by atoms with Gasteiger partial charge in [0.05, 0.1) is 11.8 Å². The lowest BCUT2D eigenvalue weighted by molar-refractivity contribution is -0.120. The number of nitrogens with one attached hydrogen (secondary N) is 1. The van der Waals surface area contributed by atoms with E-state index in [2.05, 4.69) is 5.32 Å². The Morgan fingerprint density at radius 1 is 1.35 bits per heavy atom. The highest BCUT2D eigenvalue weighted by molar-refractivity contribution is 7.93. The first-order valence-corrected chi connectivity index (χ1v) is 9.72. The number of ether oxygens (including phenoxy) is 1. The fourth-order valence-corrected chi connectivity index (χ4v) is 4.80. The van der Waals surface area contributed by atoms with E-state index in [0.29, 0.717) is 19.4 Å². The standard InChI is InChI=1S/C17H25NO4S/c1-13-6-5-7-15(12-13)22-11-10-18-17(19)14(2)23(20,21)16-8-3-4-9-16/h5-7,12,14,16H,3-4,8-11H2,1-2H3,(H,18,19). The molecule has 1 N–H and O–H groups in total. The van der Waals surface area contributed by atoms with Crippen molar-refractivity contribution < 1.29 is 17.9 Å². The first-order valence-electron chi connectivity index (χ1n) is 8.11. The summed E-state index contributed by atoms with van der Waals surface area (Å²) in [5.41, 5.74) is 1.10. The molecule has 1 saturated carbocycles. The minimum Gasteiger partial charge on any atom is -0.492 e. The Kier molecular flexibility index (Phi) is 6.04. The fraction of sp³-hybridized carbons (Fsp3) is 0.588. The molecule has 1 fully saturated rings. The smallest absolute Gasteiger partial charge is 0.238 e. The molecular weight excluding hydrogens is 314 g/mol. The van der Waals surface area contributed by atoms with Crippen LogP contribution < -0.4 is 10.1 Å². The molecule has 0 spiro atoms. The summed E-state index contributed by atoms with van der Waals surface area (Å²) < 4.78 is 30.3. The molecule has 1 aromatic rings. The summed E-state index contributed by atoms with van der Waals surface area (Å²) >= 11 is 0. The van der Waals surface area contributed by atoms with Gasteiger partial charge < -0.3 is 10.1 Å². The highest BCUT2D eigenvalue weighted by atomic mass is 32.2. The van der Waals surface area contributed by atoms with Gasteiger partial charge in [0.2, 0.25) is 5.91 Å². The molecule has 0 saturated heterocycles. The average Bonchev–Trinajstić information content (AvgIpc) is 3.06. The summed E-state index contributed by atoms with van der Waals surface area (Å²) in [4.78, 5) is 12.1. The van der Waals surface area contributed by atoms with Crippen LogP contribution in [0.25, 0.3) is 0 Å². The van der Waals surface area contributed by atoms with Crippen LogP contribution in [0.1, 0.15) is 38.2 Å². The van der Waals surface area contributed by atoms with Crippen LogP contribution in [0.2, 0.25) is 0 Å². The maximum Gasteiger partial charge on any atom is 0.238 e. The topological polar surface area (TPSA) is 72.5 Å². The molecule has 1 atom stereocenters. The number of amides is 1. The molecule has 6 heteroatoms. The lowest BCUT2D eigenvalue weighted by Crippen LogP contribution is -2.42. The lowest BCUT2D eigenvalue weighted by Gasteiger charge is -2.17. The van der Waals surface area contributed by atoms with Gasteiger partial charge in [-0.1, -0.05) is 25.0 Å². The second-order valence-electron chi connectivity index (χ2n) is 6.09. The molecule has 0 radical (unpaired) electrons. The monoisotopic (exact) mass is 339 g/mol. The predicted octanol–water partition coefficient (Wildman–Crippen LogP) is 2.24. The van der Waals surface area contributed by atoms with Crippen molar-refractivity contribution in [2.24, 2.45) is 0 Å². The van der Waals surface area contributed by atoms with Crippen LogP contribution >= 0.6 is 0 Å². The Morgan fingerprint density at radius 2 is 2.04 bits per heavy atom. The summed E-state index contributed by atoms with van der Waals surface area (Å²) in [5, 5.41) is 1.30. The third-order valence-electron chi connectivity index (χ3n) is 4.29. The number of carbonyl (C=O) groups is 1. The van der Waals surface area contributed by atoms with Crippen molar-refractivity contribution in [2.45, 2.75) is 50.0 Å². The second-order valence-corrected chi connectivity index (χ2v) is 8.65. The van der Waals surface area contributed by atoms with Gasteiger partial charge in [-0.05, 0) is 44.4 Å². The van der Waals surface area contributed by atoms with Crippen LogP contribution in [0.3, 0.4) is 0 Å². The van der Waals surface area contributed by atoms with E-state index < -0.39 is 21.0 Å². The number of rotatable bonds is 7. The van der Waals surface area contributed by atoms with Gasteiger partial charge in [0, 0.05) is 0 Å². The second kappa shape index (κ2) is 7.81. The molecule has 1 aromatic carbocycles. The van der Waals surface area contributed by atoms with Gasteiger partial charge in [-0.2, -0.15) is 0 Å². The van der Waals surface area contributed by atoms with Gasteiger partial charge >= 0.3 is 0 Å². The summed E-state index contributed by atoms with van der Waals surface area (Å²) in [6.07, 6.45) is 3.22. The fourth-order valence-electron chi connectivity index (χ4n) is 2.85. The zero-order valence-electron chi connectivity index (χ0n) is 13.7. The maximum absolute atomic E-state index is 12.4. The van der Waals surface area contributed by atoms with Crippen molar-refractivity contribution in [2.75, 3.05) is 13.2 Å². The molecule has 1 aliphatic rings. The summed E-state index contributed by atoms with van der Waals surface area (Å²) in [6.45, 7) is 4.05. The molecule has 0 heterocycles. The maximum atomic E-state index is 12.4. The van der Waals surface area contributed by atoms with Gasteiger partial charge in [0.1, 0.15) is 17.6 Å². The molecule has 128 valence electrons. The third kappa shape index (κ3) is 4.70. The molecule has 1 unspecified atom stereocenters.